The third-order valence-corrected chi connectivity index (χ3v) is 21.9. The normalized spacial score (nSPS) is 13.6. The molecule has 2 aliphatic carbocycles. The Hall–Kier alpha value is -13.2. The second-order valence-corrected chi connectivity index (χ2v) is 28.4. The summed E-state index contributed by atoms with van der Waals surface area (Å²) < 4.78 is 39.3. The zero-order chi connectivity index (χ0) is 67.4. The van der Waals surface area contributed by atoms with Crippen LogP contribution in [-0.2, 0) is 10.8 Å². The van der Waals surface area contributed by atoms with Crippen molar-refractivity contribution in [2.75, 3.05) is 9.80 Å². The average Bonchev–Trinajstić information content (AvgIpc) is 1.58. The molecule has 2 aliphatic rings. The number of rotatable bonds is 9. The highest BCUT2D eigenvalue weighted by molar-refractivity contribution is 6.13. The molecule has 0 N–H and O–H groups in total. The van der Waals surface area contributed by atoms with Gasteiger partial charge in [-0.15, -0.1) is 0 Å². The number of nitrogens with zero attached hydrogens (tertiary/aromatic N) is 4. The fourth-order valence-corrected chi connectivity index (χ4v) is 16.8. The molecule has 0 bridgehead atoms. The molecule has 6 aromatic heterocycles. The van der Waals surface area contributed by atoms with Gasteiger partial charge in [0.05, 0.1) is 0 Å². The van der Waals surface area contributed by atoms with E-state index in [0.717, 1.165) is 155 Å². The van der Waals surface area contributed by atoms with Crippen LogP contribution in [0.2, 0.25) is 0 Å². The fourth-order valence-electron chi connectivity index (χ4n) is 16.8. The van der Waals surface area contributed by atoms with Crippen LogP contribution in [0.25, 0.3) is 166 Å². The van der Waals surface area contributed by atoms with Crippen LogP contribution >= 0.6 is 0 Å². The minimum Gasteiger partial charge on any atom is -0.456 e. The summed E-state index contributed by atoms with van der Waals surface area (Å²) in [7, 11) is 0. The standard InChI is InChI=1S/C92H58N4O6/c1-91(2)73-19-11-8-16-61(73)68-41-56(30-37-74(68)91)96(59-27-34-65-63-17-9-12-20-79(63)98-82(65)44-59)60-29-36-67-72-48-87-78(49-85(72)99-84(67)46-60)94-90(101-87)53-24-22-51(23-25-53)54-26-33-62-69-42-55(31-38-75(69)92(3,4)76(62)40-54)95(57-32-39-81-70(43-57)64-18-10-13-21-80(64)97-81)58-28-35-66-71-47-77-88(50-86(71)100-83(66)45-58)102-89(93-77)52-14-6-5-7-15-52/h5-50H,1-4H3. The Kier molecular flexibility index (Phi) is 11.5. The number of fused-ring (bicyclic) bond motifs is 20. The van der Waals surface area contributed by atoms with Gasteiger partial charge in [0.15, 0.2) is 11.2 Å². The van der Waals surface area contributed by atoms with E-state index in [-0.39, 0.29) is 10.8 Å². The van der Waals surface area contributed by atoms with Gasteiger partial charge in [-0.25, -0.2) is 9.97 Å². The number of aromatic nitrogens is 2. The summed E-state index contributed by atoms with van der Waals surface area (Å²) in [5.41, 5.74) is 29.0. The van der Waals surface area contributed by atoms with E-state index < -0.39 is 0 Å². The molecule has 102 heavy (non-hydrogen) atoms. The van der Waals surface area contributed by atoms with Crippen LogP contribution < -0.4 is 9.80 Å². The van der Waals surface area contributed by atoms with Crippen LogP contribution in [0.15, 0.2) is 306 Å². The molecule has 0 saturated carbocycles. The van der Waals surface area contributed by atoms with Crippen molar-refractivity contribution in [1.29, 1.82) is 0 Å². The van der Waals surface area contributed by atoms with E-state index in [2.05, 4.69) is 250 Å². The van der Waals surface area contributed by atoms with Crippen molar-refractivity contribution in [3.8, 4) is 56.3 Å². The third-order valence-electron chi connectivity index (χ3n) is 21.9. The Morgan fingerprint density at radius 2 is 0.627 bits per heavy atom. The van der Waals surface area contributed by atoms with Gasteiger partial charge in [-0.3, -0.25) is 0 Å². The number of furan rings is 4. The SMILES string of the molecule is CC1(C)c2ccccc2-c2cc(N(c3ccc4c(c3)oc3ccccc34)c3ccc4c(c3)oc3cc5nc(-c6ccc(-c7ccc8c(c7)C(C)(C)c7ccc(N(c9ccc%10c(c9)oc9cc%11oc(-c%12ccccc%12)nc%11cc9%10)c9ccc%10oc%11ccccc%11c%10c9)cc7-8)cc6)oc5cc34)ccc21. The van der Waals surface area contributed by atoms with Crippen molar-refractivity contribution in [2.24, 2.45) is 0 Å². The minimum absolute atomic E-state index is 0.119. The highest BCUT2D eigenvalue weighted by atomic mass is 16.4. The maximum atomic E-state index is 6.80. The second kappa shape index (κ2) is 20.7. The lowest BCUT2D eigenvalue weighted by molar-refractivity contribution is 0.617. The Labute approximate surface area is 583 Å². The third kappa shape index (κ3) is 8.34. The average molecular weight is 1320 g/mol. The lowest BCUT2D eigenvalue weighted by atomic mass is 9.81. The first-order valence-corrected chi connectivity index (χ1v) is 34.6. The summed E-state index contributed by atoms with van der Waals surface area (Å²) in [4.78, 5) is 14.6. The van der Waals surface area contributed by atoms with Crippen LogP contribution in [-0.4, -0.2) is 9.97 Å². The summed E-state index contributed by atoms with van der Waals surface area (Å²) in [6, 6.07) is 98.6. The number of anilines is 6. The minimum atomic E-state index is -0.284. The Bertz CT molecular complexity index is 6970. The lowest BCUT2D eigenvalue weighted by Crippen LogP contribution is -2.15. The summed E-state index contributed by atoms with van der Waals surface area (Å²) >= 11 is 0. The zero-order valence-corrected chi connectivity index (χ0v) is 55.8. The second-order valence-electron chi connectivity index (χ2n) is 28.4. The Balaban J connectivity index is 0.577. The van der Waals surface area contributed by atoms with Crippen LogP contribution in [0.1, 0.15) is 49.9 Å². The van der Waals surface area contributed by atoms with Crippen LogP contribution in [0.5, 0.6) is 0 Å². The van der Waals surface area contributed by atoms with Crippen molar-refractivity contribution in [1.82, 2.24) is 9.97 Å². The molecule has 6 heterocycles. The van der Waals surface area contributed by atoms with Crippen molar-refractivity contribution >= 4 is 144 Å². The molecule has 10 nitrogen and oxygen atoms in total. The number of oxazole rings is 2. The van der Waals surface area contributed by atoms with Crippen LogP contribution in [0.4, 0.5) is 34.1 Å². The van der Waals surface area contributed by atoms with Crippen LogP contribution in [0, 0.1) is 0 Å². The molecule has 0 amide bonds. The number of hydrogen-bond acceptors (Lipinski definition) is 10. The van der Waals surface area contributed by atoms with Gasteiger partial charge in [0.25, 0.3) is 0 Å². The summed E-state index contributed by atoms with van der Waals surface area (Å²) in [5.74, 6) is 1.13. The maximum absolute atomic E-state index is 6.80. The van der Waals surface area contributed by atoms with E-state index in [1.807, 2.05) is 66.7 Å². The summed E-state index contributed by atoms with van der Waals surface area (Å²) in [6.07, 6.45) is 0. The smallest absolute Gasteiger partial charge is 0.227 e. The van der Waals surface area contributed by atoms with Crippen LogP contribution in [0.3, 0.4) is 0 Å². The van der Waals surface area contributed by atoms with Crippen molar-refractivity contribution in [3.05, 3.63) is 301 Å². The van der Waals surface area contributed by atoms with Gasteiger partial charge in [0, 0.05) is 130 Å². The zero-order valence-electron chi connectivity index (χ0n) is 55.8. The van der Waals surface area contributed by atoms with Gasteiger partial charge in [-0.1, -0.05) is 143 Å². The predicted octanol–water partition coefficient (Wildman–Crippen LogP) is 26.1. The first-order chi connectivity index (χ1) is 49.9. The predicted molar refractivity (Wildman–Crippen MR) is 411 cm³/mol. The lowest BCUT2D eigenvalue weighted by Gasteiger charge is -2.27. The first-order valence-electron chi connectivity index (χ1n) is 34.6. The molecule has 20 aromatic rings. The molecule has 0 unspecified atom stereocenters. The molecule has 0 radical (unpaired) electrons. The molecule has 0 aliphatic heterocycles. The van der Waals surface area contributed by atoms with E-state index in [1.165, 1.54) is 44.5 Å². The number of para-hydroxylation sites is 2. The van der Waals surface area contributed by atoms with E-state index in [1.54, 1.807) is 0 Å². The summed E-state index contributed by atoms with van der Waals surface area (Å²) in [6.45, 7) is 9.31. The summed E-state index contributed by atoms with van der Waals surface area (Å²) in [5, 5.41) is 8.22. The molecule has 22 rings (SSSR count). The molecular formula is C92H58N4O6. The molecule has 0 spiro atoms. The van der Waals surface area contributed by atoms with Gasteiger partial charge in [0.1, 0.15) is 55.7 Å². The molecule has 482 valence electrons. The number of hydrogen-bond donors (Lipinski definition) is 0. The topological polar surface area (TPSA) is 111 Å². The van der Waals surface area contributed by atoms with E-state index in [9.17, 15) is 0 Å². The van der Waals surface area contributed by atoms with Gasteiger partial charge in [-0.2, -0.15) is 0 Å². The van der Waals surface area contributed by atoms with Crippen molar-refractivity contribution in [2.45, 2.75) is 38.5 Å². The van der Waals surface area contributed by atoms with Gasteiger partial charge >= 0.3 is 0 Å². The molecule has 0 fully saturated rings. The Morgan fingerprint density at radius 1 is 0.225 bits per heavy atom. The quantitative estimate of drug-likeness (QED) is 0.138. The molecule has 10 heteroatoms. The first kappa shape index (κ1) is 56.8. The van der Waals surface area contributed by atoms with Gasteiger partial charge < -0.3 is 36.3 Å². The monoisotopic (exact) mass is 1310 g/mol. The molecular weight excluding hydrogens is 1260 g/mol. The molecule has 14 aromatic carbocycles. The van der Waals surface area contributed by atoms with Crippen molar-refractivity contribution < 1.29 is 26.5 Å². The largest absolute Gasteiger partial charge is 0.456 e. The molecule has 0 atom stereocenters. The van der Waals surface area contributed by atoms with Gasteiger partial charge in [-0.05, 0) is 189 Å². The Morgan fingerprint density at radius 3 is 1.28 bits per heavy atom. The van der Waals surface area contributed by atoms with Crippen molar-refractivity contribution in [3.63, 3.8) is 0 Å². The fraction of sp³-hybridized carbons (Fsp3) is 0.0652. The van der Waals surface area contributed by atoms with E-state index in [4.69, 9.17) is 36.5 Å². The van der Waals surface area contributed by atoms with E-state index >= 15 is 0 Å². The maximum Gasteiger partial charge on any atom is 0.227 e. The number of benzene rings is 14. The highest BCUT2D eigenvalue weighted by Gasteiger charge is 2.38. The molecule has 0 saturated heterocycles. The van der Waals surface area contributed by atoms with E-state index in [0.29, 0.717) is 22.9 Å². The highest BCUT2D eigenvalue weighted by Crippen LogP contribution is 2.55. The van der Waals surface area contributed by atoms with Gasteiger partial charge in [0.2, 0.25) is 11.8 Å².